The largest absolute Gasteiger partial charge is 0.497 e. The molecule has 6 nitrogen and oxygen atoms in total. The smallest absolute Gasteiger partial charge is 0.278 e. The fourth-order valence-corrected chi connectivity index (χ4v) is 2.04. The number of carbonyl (C=O) groups excluding carboxylic acids is 2. The third-order valence-corrected chi connectivity index (χ3v) is 3.77. The SMILES string of the molecule is CCCNC(=O)C[NH+](C)[C@H](C)C(=O)NCc1ccc(OC)cc1. The highest BCUT2D eigenvalue weighted by Crippen LogP contribution is 2.10. The van der Waals surface area contributed by atoms with Crippen LogP contribution >= 0.6 is 0 Å². The maximum absolute atomic E-state index is 12.2. The van der Waals surface area contributed by atoms with Crippen molar-refractivity contribution in [2.24, 2.45) is 0 Å². The third-order valence-electron chi connectivity index (χ3n) is 3.77. The summed E-state index contributed by atoms with van der Waals surface area (Å²) in [5, 5.41) is 5.72. The molecule has 128 valence electrons. The van der Waals surface area contributed by atoms with Gasteiger partial charge in [-0.1, -0.05) is 19.1 Å². The van der Waals surface area contributed by atoms with Gasteiger partial charge >= 0.3 is 0 Å². The molecule has 0 bridgehead atoms. The number of methoxy groups -OCH3 is 1. The first-order valence-electron chi connectivity index (χ1n) is 7.97. The summed E-state index contributed by atoms with van der Waals surface area (Å²) in [5.41, 5.74) is 1.00. The average Bonchev–Trinajstić information content (AvgIpc) is 2.57. The molecular formula is C17H28N3O3+. The van der Waals surface area contributed by atoms with Gasteiger partial charge in [0.15, 0.2) is 12.6 Å². The maximum Gasteiger partial charge on any atom is 0.278 e. The number of hydrogen-bond acceptors (Lipinski definition) is 3. The van der Waals surface area contributed by atoms with Crippen LogP contribution in [0.2, 0.25) is 0 Å². The van der Waals surface area contributed by atoms with Crippen molar-refractivity contribution >= 4 is 11.8 Å². The van der Waals surface area contributed by atoms with Crippen LogP contribution in [-0.2, 0) is 16.1 Å². The highest BCUT2D eigenvalue weighted by Gasteiger charge is 2.23. The summed E-state index contributed by atoms with van der Waals surface area (Å²) < 4.78 is 5.10. The lowest BCUT2D eigenvalue weighted by atomic mass is 10.2. The van der Waals surface area contributed by atoms with E-state index in [9.17, 15) is 9.59 Å². The minimum absolute atomic E-state index is 0.0286. The molecule has 1 rings (SSSR count). The second-order valence-electron chi connectivity index (χ2n) is 5.66. The highest BCUT2D eigenvalue weighted by molar-refractivity contribution is 5.81. The van der Waals surface area contributed by atoms with E-state index in [0.29, 0.717) is 13.1 Å². The normalized spacial score (nSPS) is 13.0. The molecule has 2 atom stereocenters. The Labute approximate surface area is 138 Å². The van der Waals surface area contributed by atoms with Crippen LogP contribution in [0.5, 0.6) is 5.75 Å². The molecule has 0 spiro atoms. The van der Waals surface area contributed by atoms with Crippen LogP contribution in [0.3, 0.4) is 0 Å². The van der Waals surface area contributed by atoms with Crippen molar-refractivity contribution < 1.29 is 19.2 Å². The van der Waals surface area contributed by atoms with Crippen LogP contribution < -0.4 is 20.3 Å². The zero-order valence-electron chi connectivity index (χ0n) is 14.4. The summed E-state index contributed by atoms with van der Waals surface area (Å²) in [6.07, 6.45) is 0.905. The first-order chi connectivity index (χ1) is 11.0. The molecule has 3 N–H and O–H groups in total. The van der Waals surface area contributed by atoms with Crippen LogP contribution in [0.1, 0.15) is 25.8 Å². The van der Waals surface area contributed by atoms with Gasteiger partial charge in [-0.2, -0.15) is 0 Å². The molecule has 2 amide bonds. The van der Waals surface area contributed by atoms with E-state index in [-0.39, 0.29) is 24.4 Å². The van der Waals surface area contributed by atoms with Gasteiger partial charge in [0.1, 0.15) is 5.75 Å². The number of benzene rings is 1. The molecular weight excluding hydrogens is 294 g/mol. The van der Waals surface area contributed by atoms with Crippen molar-refractivity contribution in [1.29, 1.82) is 0 Å². The van der Waals surface area contributed by atoms with Crippen LogP contribution in [0.15, 0.2) is 24.3 Å². The Kier molecular flexibility index (Phi) is 8.11. The van der Waals surface area contributed by atoms with E-state index >= 15 is 0 Å². The quantitative estimate of drug-likeness (QED) is 0.587. The topological polar surface area (TPSA) is 71.9 Å². The molecule has 0 aromatic heterocycles. The van der Waals surface area contributed by atoms with Gasteiger partial charge in [0.2, 0.25) is 0 Å². The lowest BCUT2D eigenvalue weighted by Gasteiger charge is -2.20. The van der Waals surface area contributed by atoms with Crippen LogP contribution in [0, 0.1) is 0 Å². The van der Waals surface area contributed by atoms with E-state index < -0.39 is 0 Å². The number of ether oxygens (including phenoxy) is 1. The van der Waals surface area contributed by atoms with Gasteiger partial charge in [-0.15, -0.1) is 0 Å². The second-order valence-corrected chi connectivity index (χ2v) is 5.66. The number of amides is 2. The molecule has 0 aliphatic carbocycles. The van der Waals surface area contributed by atoms with Crippen LogP contribution in [0.25, 0.3) is 0 Å². The molecule has 0 fully saturated rings. The molecule has 0 heterocycles. The van der Waals surface area contributed by atoms with Gasteiger partial charge in [0.05, 0.1) is 14.2 Å². The molecule has 1 aromatic carbocycles. The molecule has 6 heteroatoms. The number of carbonyl (C=O) groups is 2. The van der Waals surface area contributed by atoms with Gasteiger partial charge in [0, 0.05) is 13.1 Å². The van der Waals surface area contributed by atoms with E-state index in [1.165, 1.54) is 0 Å². The Bertz CT molecular complexity index is 502. The summed E-state index contributed by atoms with van der Waals surface area (Å²) in [6, 6.07) is 7.26. The molecule has 0 saturated carbocycles. The Balaban J connectivity index is 2.41. The molecule has 1 unspecified atom stereocenters. The van der Waals surface area contributed by atoms with Gasteiger partial charge in [-0.3, -0.25) is 9.59 Å². The van der Waals surface area contributed by atoms with Gasteiger partial charge in [-0.25, -0.2) is 0 Å². The van der Waals surface area contributed by atoms with Crippen LogP contribution in [-0.4, -0.2) is 45.1 Å². The Morgan fingerprint density at radius 3 is 2.43 bits per heavy atom. The predicted octanol–water partition coefficient (Wildman–Crippen LogP) is -0.259. The number of nitrogens with one attached hydrogen (secondary N) is 3. The van der Waals surface area contributed by atoms with E-state index in [0.717, 1.165) is 22.6 Å². The summed E-state index contributed by atoms with van der Waals surface area (Å²) in [6.45, 7) is 5.25. The van der Waals surface area contributed by atoms with Crippen molar-refractivity contribution in [3.05, 3.63) is 29.8 Å². The molecule has 1 aromatic rings. The van der Waals surface area contributed by atoms with Gasteiger partial charge in [-0.05, 0) is 31.0 Å². The van der Waals surface area contributed by atoms with E-state index in [1.807, 2.05) is 45.2 Å². The summed E-state index contributed by atoms with van der Waals surface area (Å²) in [4.78, 5) is 24.8. The predicted molar refractivity (Wildman–Crippen MR) is 89.4 cm³/mol. The van der Waals surface area contributed by atoms with E-state index in [2.05, 4.69) is 10.6 Å². The zero-order chi connectivity index (χ0) is 17.2. The van der Waals surface area contributed by atoms with Crippen molar-refractivity contribution in [2.45, 2.75) is 32.9 Å². The Hall–Kier alpha value is -2.08. The Morgan fingerprint density at radius 2 is 1.87 bits per heavy atom. The number of hydrogen-bond donors (Lipinski definition) is 3. The fraction of sp³-hybridized carbons (Fsp3) is 0.529. The lowest BCUT2D eigenvalue weighted by Crippen LogP contribution is -3.15. The van der Waals surface area contributed by atoms with E-state index in [4.69, 9.17) is 4.74 Å². The van der Waals surface area contributed by atoms with Crippen molar-refractivity contribution in [3.63, 3.8) is 0 Å². The second kappa shape index (κ2) is 9.84. The molecule has 0 radical (unpaired) electrons. The number of quaternary nitrogens is 1. The monoisotopic (exact) mass is 322 g/mol. The lowest BCUT2D eigenvalue weighted by molar-refractivity contribution is -0.886. The van der Waals surface area contributed by atoms with Crippen molar-refractivity contribution in [1.82, 2.24) is 10.6 Å². The molecule has 0 saturated heterocycles. The summed E-state index contributed by atoms with van der Waals surface area (Å²) in [5.74, 6) is 0.691. The Morgan fingerprint density at radius 1 is 1.22 bits per heavy atom. The highest BCUT2D eigenvalue weighted by atomic mass is 16.5. The van der Waals surface area contributed by atoms with Crippen LogP contribution in [0.4, 0.5) is 0 Å². The molecule has 0 aliphatic heterocycles. The standard InChI is InChI=1S/C17H27N3O3/c1-5-10-18-16(21)12-20(3)13(2)17(22)19-11-14-6-8-15(23-4)9-7-14/h6-9,13H,5,10-12H2,1-4H3,(H,18,21)(H,19,22)/p+1/t13-/m1/s1. The zero-order valence-corrected chi connectivity index (χ0v) is 14.4. The molecule has 0 aliphatic rings. The maximum atomic E-state index is 12.2. The fourth-order valence-electron chi connectivity index (χ4n) is 2.04. The average molecular weight is 322 g/mol. The number of rotatable bonds is 9. The third kappa shape index (κ3) is 6.69. The van der Waals surface area contributed by atoms with Gasteiger partial charge < -0.3 is 20.3 Å². The number of likely N-dealkylation sites (N-methyl/N-ethyl adjacent to an activating group) is 1. The summed E-state index contributed by atoms with van der Waals surface area (Å²) in [7, 11) is 3.47. The summed E-state index contributed by atoms with van der Waals surface area (Å²) >= 11 is 0. The van der Waals surface area contributed by atoms with Gasteiger partial charge in [0.25, 0.3) is 11.8 Å². The van der Waals surface area contributed by atoms with E-state index in [1.54, 1.807) is 7.11 Å². The minimum Gasteiger partial charge on any atom is -0.497 e. The van der Waals surface area contributed by atoms with Crippen molar-refractivity contribution in [3.8, 4) is 5.75 Å². The van der Waals surface area contributed by atoms with Crippen molar-refractivity contribution in [2.75, 3.05) is 27.2 Å². The minimum atomic E-state index is -0.291. The first-order valence-corrected chi connectivity index (χ1v) is 7.97. The molecule has 23 heavy (non-hydrogen) atoms. The first kappa shape index (κ1) is 19.0.